The normalized spacial score (nSPS) is 11.4. The maximum atomic E-state index is 12.7. The molecular weight excluding hydrogens is 275 g/mol. The second-order valence-corrected chi connectivity index (χ2v) is 4.67. The zero-order chi connectivity index (χ0) is 15.7. The predicted octanol–water partition coefficient (Wildman–Crippen LogP) is 2.02. The summed E-state index contributed by atoms with van der Waals surface area (Å²) >= 11 is 0. The Morgan fingerprint density at radius 3 is 2.52 bits per heavy atom. The monoisotopic (exact) mass is 292 g/mol. The third-order valence-corrected chi connectivity index (χ3v) is 2.94. The molecule has 112 valence electrons. The number of hydrogen-bond donors (Lipinski definition) is 2. The van der Waals surface area contributed by atoms with Gasteiger partial charge in [0.25, 0.3) is 0 Å². The van der Waals surface area contributed by atoms with Crippen LogP contribution in [0, 0.1) is 17.1 Å². The number of hydrogen-bond acceptors (Lipinski definition) is 3. The lowest BCUT2D eigenvalue weighted by atomic mass is 10.1. The Morgan fingerprint density at radius 1 is 1.29 bits per heavy atom. The van der Waals surface area contributed by atoms with Crippen LogP contribution in [0.1, 0.15) is 31.2 Å². The van der Waals surface area contributed by atoms with Crippen LogP contribution < -0.4 is 5.32 Å². The molecule has 0 unspecified atom stereocenters. The summed E-state index contributed by atoms with van der Waals surface area (Å²) in [7, 11) is 0. The average Bonchev–Trinajstić information content (AvgIpc) is 2.44. The fourth-order valence-corrected chi connectivity index (χ4v) is 1.84. The molecule has 0 aromatic heterocycles. The molecule has 1 aromatic carbocycles. The van der Waals surface area contributed by atoms with Gasteiger partial charge in [-0.05, 0) is 37.0 Å². The number of aliphatic carboxylic acids is 1. The number of halogens is 1. The van der Waals surface area contributed by atoms with Crippen LogP contribution in [0.25, 0.3) is 0 Å². The Bertz CT molecular complexity index is 523. The number of amides is 1. The van der Waals surface area contributed by atoms with E-state index < -0.39 is 17.9 Å². The van der Waals surface area contributed by atoms with Gasteiger partial charge in [0, 0.05) is 6.42 Å². The largest absolute Gasteiger partial charge is 0.480 e. The van der Waals surface area contributed by atoms with E-state index in [2.05, 4.69) is 5.32 Å². The Kier molecular flexibility index (Phi) is 6.88. The van der Waals surface area contributed by atoms with E-state index in [1.54, 1.807) is 0 Å². The molecule has 0 heterocycles. The Balaban J connectivity index is 2.46. The van der Waals surface area contributed by atoms with Crippen molar-refractivity contribution in [2.24, 2.45) is 0 Å². The van der Waals surface area contributed by atoms with Crippen LogP contribution in [0.3, 0.4) is 0 Å². The smallest absolute Gasteiger partial charge is 0.326 e. The summed E-state index contributed by atoms with van der Waals surface area (Å²) in [6, 6.07) is 6.49. The van der Waals surface area contributed by atoms with Crippen molar-refractivity contribution in [3.05, 3.63) is 35.6 Å². The van der Waals surface area contributed by atoms with Crippen LogP contribution in [0.15, 0.2) is 24.3 Å². The summed E-state index contributed by atoms with van der Waals surface area (Å²) in [6.07, 6.45) is 1.82. The quantitative estimate of drug-likeness (QED) is 0.717. The SMILES string of the molecule is N#CCCCC[C@H](NC(=O)Cc1ccc(F)cc1)C(=O)O. The minimum absolute atomic E-state index is 0.00224. The summed E-state index contributed by atoms with van der Waals surface area (Å²) in [5.41, 5.74) is 0.613. The fraction of sp³-hybridized carbons (Fsp3) is 0.400. The van der Waals surface area contributed by atoms with Crippen LogP contribution in [-0.4, -0.2) is 23.0 Å². The lowest BCUT2D eigenvalue weighted by molar-refractivity contribution is -0.142. The standard InChI is InChI=1S/C15H17FN2O3/c16-12-7-5-11(6-8-12)10-14(19)18-13(15(20)21)4-2-1-3-9-17/h5-8,13H,1-4,10H2,(H,18,19)(H,20,21)/t13-/m0/s1. The van der Waals surface area contributed by atoms with Crippen molar-refractivity contribution in [3.8, 4) is 6.07 Å². The number of unbranched alkanes of at least 4 members (excludes halogenated alkanes) is 2. The molecule has 1 aromatic rings. The van der Waals surface area contributed by atoms with E-state index in [4.69, 9.17) is 10.4 Å². The van der Waals surface area contributed by atoms with Crippen LogP contribution in [0.4, 0.5) is 4.39 Å². The lowest BCUT2D eigenvalue weighted by Gasteiger charge is -2.14. The molecule has 6 heteroatoms. The molecule has 0 spiro atoms. The third-order valence-electron chi connectivity index (χ3n) is 2.94. The van der Waals surface area contributed by atoms with Crippen LogP contribution in [-0.2, 0) is 16.0 Å². The second-order valence-electron chi connectivity index (χ2n) is 4.67. The van der Waals surface area contributed by atoms with Gasteiger partial charge in [0.1, 0.15) is 11.9 Å². The maximum absolute atomic E-state index is 12.7. The molecule has 1 rings (SSSR count). The fourth-order valence-electron chi connectivity index (χ4n) is 1.84. The highest BCUT2D eigenvalue weighted by Gasteiger charge is 2.19. The van der Waals surface area contributed by atoms with Crippen LogP contribution in [0.2, 0.25) is 0 Å². The van der Waals surface area contributed by atoms with Gasteiger partial charge in [-0.15, -0.1) is 0 Å². The maximum Gasteiger partial charge on any atom is 0.326 e. The molecule has 21 heavy (non-hydrogen) atoms. The Hall–Kier alpha value is -2.42. The van der Waals surface area contributed by atoms with Gasteiger partial charge in [0.15, 0.2) is 0 Å². The van der Waals surface area contributed by atoms with E-state index in [0.717, 1.165) is 0 Å². The second kappa shape index (κ2) is 8.69. The summed E-state index contributed by atoms with van der Waals surface area (Å²) in [5.74, 6) is -1.91. The third kappa shape index (κ3) is 6.52. The van der Waals surface area contributed by atoms with Gasteiger partial charge in [0.05, 0.1) is 12.5 Å². The number of carboxylic acid groups (broad SMARTS) is 1. The molecule has 0 radical (unpaired) electrons. The highest BCUT2D eigenvalue weighted by Crippen LogP contribution is 2.06. The van der Waals surface area contributed by atoms with Crippen molar-refractivity contribution >= 4 is 11.9 Å². The summed E-state index contributed by atoms with van der Waals surface area (Å²) in [5, 5.41) is 19.9. The van der Waals surface area contributed by atoms with Crippen molar-refractivity contribution in [1.29, 1.82) is 5.26 Å². The number of rotatable bonds is 8. The van der Waals surface area contributed by atoms with Crippen molar-refractivity contribution in [2.45, 2.75) is 38.1 Å². The van der Waals surface area contributed by atoms with Gasteiger partial charge in [0.2, 0.25) is 5.91 Å². The first-order chi connectivity index (χ1) is 10.0. The summed E-state index contributed by atoms with van der Waals surface area (Å²) in [4.78, 5) is 22.8. The van der Waals surface area contributed by atoms with E-state index >= 15 is 0 Å². The molecule has 0 aliphatic carbocycles. The number of nitrogens with one attached hydrogen (secondary N) is 1. The van der Waals surface area contributed by atoms with E-state index in [9.17, 15) is 14.0 Å². The molecule has 1 atom stereocenters. The Labute approximate surface area is 122 Å². The zero-order valence-corrected chi connectivity index (χ0v) is 11.5. The molecule has 0 saturated carbocycles. The van der Waals surface area contributed by atoms with Crippen molar-refractivity contribution in [1.82, 2.24) is 5.32 Å². The molecule has 0 bridgehead atoms. The topological polar surface area (TPSA) is 90.2 Å². The molecular formula is C15H17FN2O3. The van der Waals surface area contributed by atoms with Gasteiger partial charge in [-0.2, -0.15) is 5.26 Å². The van der Waals surface area contributed by atoms with Gasteiger partial charge in [-0.3, -0.25) is 4.79 Å². The van der Waals surface area contributed by atoms with Gasteiger partial charge in [-0.1, -0.05) is 12.1 Å². The van der Waals surface area contributed by atoms with Crippen LogP contribution in [0.5, 0.6) is 0 Å². The molecule has 0 aliphatic rings. The Morgan fingerprint density at radius 2 is 1.95 bits per heavy atom. The first-order valence-electron chi connectivity index (χ1n) is 6.66. The number of nitrogens with zero attached hydrogens (tertiary/aromatic N) is 1. The molecule has 1 amide bonds. The van der Waals surface area contributed by atoms with Crippen molar-refractivity contribution in [3.63, 3.8) is 0 Å². The van der Waals surface area contributed by atoms with E-state index in [0.29, 0.717) is 24.8 Å². The minimum Gasteiger partial charge on any atom is -0.480 e. The molecule has 5 nitrogen and oxygen atoms in total. The van der Waals surface area contributed by atoms with Gasteiger partial charge >= 0.3 is 5.97 Å². The molecule has 2 N–H and O–H groups in total. The number of carboxylic acids is 1. The lowest BCUT2D eigenvalue weighted by Crippen LogP contribution is -2.41. The zero-order valence-electron chi connectivity index (χ0n) is 11.5. The average molecular weight is 292 g/mol. The summed E-state index contributed by atoms with van der Waals surface area (Å²) < 4.78 is 12.7. The molecule has 0 saturated heterocycles. The summed E-state index contributed by atoms with van der Waals surface area (Å²) in [6.45, 7) is 0. The van der Waals surface area contributed by atoms with Crippen molar-refractivity contribution in [2.75, 3.05) is 0 Å². The van der Waals surface area contributed by atoms with E-state index in [1.165, 1.54) is 24.3 Å². The van der Waals surface area contributed by atoms with E-state index in [1.807, 2.05) is 6.07 Å². The highest BCUT2D eigenvalue weighted by atomic mass is 19.1. The number of carbonyl (C=O) groups is 2. The molecule has 0 aliphatic heterocycles. The number of carbonyl (C=O) groups excluding carboxylic acids is 1. The minimum atomic E-state index is -1.10. The number of nitriles is 1. The first kappa shape index (κ1) is 16.6. The van der Waals surface area contributed by atoms with Gasteiger partial charge in [-0.25, -0.2) is 9.18 Å². The van der Waals surface area contributed by atoms with E-state index in [-0.39, 0.29) is 18.7 Å². The molecule has 0 fully saturated rings. The van der Waals surface area contributed by atoms with Gasteiger partial charge < -0.3 is 10.4 Å². The predicted molar refractivity (Wildman–Crippen MR) is 73.8 cm³/mol. The highest BCUT2D eigenvalue weighted by molar-refractivity contribution is 5.84. The van der Waals surface area contributed by atoms with Crippen LogP contribution >= 0.6 is 0 Å². The van der Waals surface area contributed by atoms with Crippen molar-refractivity contribution < 1.29 is 19.1 Å². The number of benzene rings is 1. The first-order valence-corrected chi connectivity index (χ1v) is 6.66.